The highest BCUT2D eigenvalue weighted by Gasteiger charge is 2.16. The second-order valence-electron chi connectivity index (χ2n) is 5.07. The normalized spacial score (nSPS) is 12.5. The molecule has 1 rings (SSSR count). The molecule has 0 aliphatic heterocycles. The van der Waals surface area contributed by atoms with Crippen molar-refractivity contribution in [3.8, 4) is 0 Å². The van der Waals surface area contributed by atoms with E-state index in [0.29, 0.717) is 12.5 Å². The maximum Gasteiger partial charge on any atom is 0.135 e. The van der Waals surface area contributed by atoms with Crippen LogP contribution in [0, 0.1) is 0 Å². The Morgan fingerprint density at radius 3 is 2.47 bits per heavy atom. The third-order valence-electron chi connectivity index (χ3n) is 2.80. The van der Waals surface area contributed by atoms with Crippen molar-refractivity contribution in [3.63, 3.8) is 0 Å². The molecule has 1 unspecified atom stereocenters. The SMILES string of the molecule is CCCNc1ncnc(NC(C)COC)c1C(C)C. The first kappa shape index (κ1) is 15.7. The summed E-state index contributed by atoms with van der Waals surface area (Å²) in [5, 5.41) is 6.76. The molecule has 1 aromatic rings. The molecule has 5 heteroatoms. The lowest BCUT2D eigenvalue weighted by molar-refractivity contribution is 0.190. The van der Waals surface area contributed by atoms with Crippen LogP contribution in [-0.4, -0.2) is 36.3 Å². The van der Waals surface area contributed by atoms with Gasteiger partial charge in [-0.1, -0.05) is 20.8 Å². The van der Waals surface area contributed by atoms with E-state index in [1.807, 2.05) is 0 Å². The van der Waals surface area contributed by atoms with Gasteiger partial charge in [0.15, 0.2) is 0 Å². The van der Waals surface area contributed by atoms with Crippen molar-refractivity contribution in [1.82, 2.24) is 9.97 Å². The number of rotatable bonds is 8. The monoisotopic (exact) mass is 266 g/mol. The lowest BCUT2D eigenvalue weighted by Crippen LogP contribution is -2.23. The van der Waals surface area contributed by atoms with Crippen LogP contribution in [0.1, 0.15) is 45.6 Å². The van der Waals surface area contributed by atoms with Gasteiger partial charge in [0.2, 0.25) is 0 Å². The van der Waals surface area contributed by atoms with Gasteiger partial charge in [-0.3, -0.25) is 0 Å². The number of anilines is 2. The molecule has 108 valence electrons. The summed E-state index contributed by atoms with van der Waals surface area (Å²) in [4.78, 5) is 8.73. The van der Waals surface area contributed by atoms with E-state index in [2.05, 4.69) is 48.3 Å². The van der Waals surface area contributed by atoms with E-state index in [1.165, 1.54) is 0 Å². The molecule has 0 aliphatic rings. The predicted octanol–water partition coefficient (Wildman–Crippen LogP) is 2.87. The van der Waals surface area contributed by atoms with Gasteiger partial charge in [0.1, 0.15) is 18.0 Å². The second kappa shape index (κ2) is 7.94. The van der Waals surface area contributed by atoms with Crippen molar-refractivity contribution in [2.45, 2.75) is 46.1 Å². The summed E-state index contributed by atoms with van der Waals surface area (Å²) in [5.74, 6) is 2.19. The van der Waals surface area contributed by atoms with Crippen molar-refractivity contribution >= 4 is 11.6 Å². The average Bonchev–Trinajstić information content (AvgIpc) is 2.36. The van der Waals surface area contributed by atoms with Gasteiger partial charge >= 0.3 is 0 Å². The molecule has 0 bridgehead atoms. The van der Waals surface area contributed by atoms with Crippen LogP contribution < -0.4 is 10.6 Å². The molecule has 0 fully saturated rings. The number of nitrogens with one attached hydrogen (secondary N) is 2. The molecule has 19 heavy (non-hydrogen) atoms. The zero-order valence-electron chi connectivity index (χ0n) is 12.7. The first-order chi connectivity index (χ1) is 9.10. The molecule has 0 saturated heterocycles. The molecule has 0 saturated carbocycles. The second-order valence-corrected chi connectivity index (χ2v) is 5.07. The van der Waals surface area contributed by atoms with Crippen LogP contribution in [0.15, 0.2) is 6.33 Å². The van der Waals surface area contributed by atoms with Gasteiger partial charge in [-0.25, -0.2) is 9.97 Å². The van der Waals surface area contributed by atoms with Crippen LogP contribution in [0.25, 0.3) is 0 Å². The fourth-order valence-corrected chi connectivity index (χ4v) is 1.97. The van der Waals surface area contributed by atoms with Crippen LogP contribution in [0.5, 0.6) is 0 Å². The number of hydrogen-bond acceptors (Lipinski definition) is 5. The lowest BCUT2D eigenvalue weighted by atomic mass is 10.0. The summed E-state index contributed by atoms with van der Waals surface area (Å²) in [6, 6.07) is 0.219. The zero-order chi connectivity index (χ0) is 14.3. The van der Waals surface area contributed by atoms with Crippen LogP contribution in [0.4, 0.5) is 11.6 Å². The molecule has 2 N–H and O–H groups in total. The molecule has 0 radical (unpaired) electrons. The summed E-state index contributed by atoms with van der Waals surface area (Å²) in [6.07, 6.45) is 2.68. The molecule has 5 nitrogen and oxygen atoms in total. The summed E-state index contributed by atoms with van der Waals surface area (Å²) >= 11 is 0. The Labute approximate surface area is 116 Å². The van der Waals surface area contributed by atoms with Crippen LogP contribution >= 0.6 is 0 Å². The van der Waals surface area contributed by atoms with E-state index in [-0.39, 0.29) is 6.04 Å². The van der Waals surface area contributed by atoms with E-state index < -0.39 is 0 Å². The molecule has 1 atom stereocenters. The molecule has 0 aromatic carbocycles. The van der Waals surface area contributed by atoms with Crippen LogP contribution in [0.2, 0.25) is 0 Å². The van der Waals surface area contributed by atoms with Crippen molar-refractivity contribution in [3.05, 3.63) is 11.9 Å². The Morgan fingerprint density at radius 2 is 1.89 bits per heavy atom. The topological polar surface area (TPSA) is 59.1 Å². The largest absolute Gasteiger partial charge is 0.383 e. The maximum absolute atomic E-state index is 5.15. The first-order valence-corrected chi connectivity index (χ1v) is 6.94. The van der Waals surface area contributed by atoms with E-state index in [9.17, 15) is 0 Å². The maximum atomic E-state index is 5.15. The van der Waals surface area contributed by atoms with E-state index in [1.54, 1.807) is 13.4 Å². The minimum Gasteiger partial charge on any atom is -0.383 e. The Morgan fingerprint density at radius 1 is 1.21 bits per heavy atom. The smallest absolute Gasteiger partial charge is 0.135 e. The molecule has 1 aromatic heterocycles. The fourth-order valence-electron chi connectivity index (χ4n) is 1.97. The van der Waals surface area contributed by atoms with Crippen LogP contribution in [0.3, 0.4) is 0 Å². The van der Waals surface area contributed by atoms with Crippen LogP contribution in [-0.2, 0) is 4.74 Å². The van der Waals surface area contributed by atoms with Gasteiger partial charge in [0.25, 0.3) is 0 Å². The molecule has 0 aliphatic carbocycles. The highest BCUT2D eigenvalue weighted by Crippen LogP contribution is 2.28. The number of aromatic nitrogens is 2. The Hall–Kier alpha value is -1.36. The van der Waals surface area contributed by atoms with E-state index in [4.69, 9.17) is 4.74 Å². The third-order valence-corrected chi connectivity index (χ3v) is 2.80. The highest BCUT2D eigenvalue weighted by atomic mass is 16.5. The zero-order valence-corrected chi connectivity index (χ0v) is 12.7. The lowest BCUT2D eigenvalue weighted by Gasteiger charge is -2.20. The molecule has 1 heterocycles. The highest BCUT2D eigenvalue weighted by molar-refractivity contribution is 5.59. The first-order valence-electron chi connectivity index (χ1n) is 6.94. The minimum atomic E-state index is 0.219. The number of hydrogen-bond donors (Lipinski definition) is 2. The van der Waals surface area contributed by atoms with Gasteiger partial charge in [-0.2, -0.15) is 0 Å². The average molecular weight is 266 g/mol. The quantitative estimate of drug-likeness (QED) is 0.757. The van der Waals surface area contributed by atoms with Crippen molar-refractivity contribution < 1.29 is 4.74 Å². The number of nitrogens with zero attached hydrogens (tertiary/aromatic N) is 2. The molecular formula is C14H26N4O. The number of ether oxygens (including phenoxy) is 1. The van der Waals surface area contributed by atoms with Gasteiger partial charge in [0.05, 0.1) is 6.61 Å². The summed E-state index contributed by atoms with van der Waals surface area (Å²) < 4.78 is 5.15. The Kier molecular flexibility index (Phi) is 6.56. The summed E-state index contributed by atoms with van der Waals surface area (Å²) in [6.45, 7) is 10.1. The molecule has 0 amide bonds. The molecular weight excluding hydrogens is 240 g/mol. The molecule has 0 spiro atoms. The predicted molar refractivity (Wildman–Crippen MR) is 79.9 cm³/mol. The van der Waals surface area contributed by atoms with Gasteiger partial charge in [-0.15, -0.1) is 0 Å². The van der Waals surface area contributed by atoms with Gasteiger partial charge < -0.3 is 15.4 Å². The fraction of sp³-hybridized carbons (Fsp3) is 0.714. The van der Waals surface area contributed by atoms with E-state index >= 15 is 0 Å². The Bertz CT molecular complexity index is 382. The van der Waals surface area contributed by atoms with E-state index in [0.717, 1.165) is 30.2 Å². The summed E-state index contributed by atoms with van der Waals surface area (Å²) in [5.41, 5.74) is 1.14. The summed E-state index contributed by atoms with van der Waals surface area (Å²) in [7, 11) is 1.70. The van der Waals surface area contributed by atoms with Crippen molar-refractivity contribution in [2.24, 2.45) is 0 Å². The number of methoxy groups -OCH3 is 1. The third kappa shape index (κ3) is 4.67. The van der Waals surface area contributed by atoms with Crippen molar-refractivity contribution in [1.29, 1.82) is 0 Å². The Balaban J connectivity index is 2.95. The van der Waals surface area contributed by atoms with Gasteiger partial charge in [-0.05, 0) is 19.3 Å². The van der Waals surface area contributed by atoms with Gasteiger partial charge in [0, 0.05) is 25.3 Å². The minimum absolute atomic E-state index is 0.219. The van der Waals surface area contributed by atoms with Crippen molar-refractivity contribution in [2.75, 3.05) is 30.9 Å². The standard InChI is InChI=1S/C14H26N4O/c1-6-7-15-13-12(10(2)3)14(17-9-16-13)18-11(4)8-19-5/h9-11H,6-8H2,1-5H3,(H2,15,16,17,18).